The molecule has 1 aliphatic heterocycles. The molecular formula is C21H23N3O3. The van der Waals surface area contributed by atoms with Crippen LogP contribution in [0.2, 0.25) is 0 Å². The number of pyridine rings is 1. The number of amides is 1. The minimum absolute atomic E-state index is 0.000592. The monoisotopic (exact) mass is 365 g/mol. The van der Waals surface area contributed by atoms with Gasteiger partial charge in [0.15, 0.2) is 0 Å². The standard InChI is InChI=1S/C21H23N3O3/c1-12-19(23-18-5-3-4-10-22-18)16-11-15(21(26)27)8-9-17(16)24(13(2)25)20(12)14-6-7-14/h3-5,8-12,14,19-20H,6-7H2,1-2H3,(H,22,23)(H,26,27)/t12-,19-,20-/m1/s1. The highest BCUT2D eigenvalue weighted by atomic mass is 16.4. The Bertz CT molecular complexity index is 879. The lowest BCUT2D eigenvalue weighted by Gasteiger charge is -2.46. The van der Waals surface area contributed by atoms with E-state index in [1.807, 2.05) is 23.1 Å². The summed E-state index contributed by atoms with van der Waals surface area (Å²) in [6.45, 7) is 3.72. The molecule has 1 aromatic heterocycles. The van der Waals surface area contributed by atoms with Gasteiger partial charge in [0.1, 0.15) is 5.82 Å². The maximum atomic E-state index is 12.5. The molecule has 2 aliphatic rings. The average molecular weight is 365 g/mol. The number of carbonyl (C=O) groups is 2. The first-order valence-electron chi connectivity index (χ1n) is 9.32. The normalized spacial score (nSPS) is 24.2. The number of nitrogens with zero attached hydrogens (tertiary/aromatic N) is 2. The van der Waals surface area contributed by atoms with Crippen molar-refractivity contribution in [2.75, 3.05) is 10.2 Å². The molecular weight excluding hydrogens is 342 g/mol. The van der Waals surface area contributed by atoms with Gasteiger partial charge < -0.3 is 15.3 Å². The third kappa shape index (κ3) is 3.16. The number of carbonyl (C=O) groups excluding carboxylic acids is 1. The Hall–Kier alpha value is -2.89. The number of aromatic nitrogens is 1. The van der Waals surface area contributed by atoms with Crippen LogP contribution < -0.4 is 10.2 Å². The van der Waals surface area contributed by atoms with Gasteiger partial charge >= 0.3 is 5.97 Å². The summed E-state index contributed by atoms with van der Waals surface area (Å²) in [5.41, 5.74) is 1.86. The van der Waals surface area contributed by atoms with E-state index in [0.29, 0.717) is 5.92 Å². The molecule has 2 heterocycles. The van der Waals surface area contributed by atoms with Crippen LogP contribution in [0.3, 0.4) is 0 Å². The molecule has 1 saturated carbocycles. The van der Waals surface area contributed by atoms with Crippen molar-refractivity contribution in [2.24, 2.45) is 11.8 Å². The third-order valence-corrected chi connectivity index (χ3v) is 5.64. The predicted molar refractivity (Wildman–Crippen MR) is 103 cm³/mol. The van der Waals surface area contributed by atoms with Crippen LogP contribution in [0.15, 0.2) is 42.6 Å². The van der Waals surface area contributed by atoms with Crippen LogP contribution in [0.25, 0.3) is 0 Å². The van der Waals surface area contributed by atoms with Crippen molar-refractivity contribution in [1.82, 2.24) is 4.98 Å². The second-order valence-electron chi connectivity index (χ2n) is 7.49. The van der Waals surface area contributed by atoms with Crippen LogP contribution in [-0.4, -0.2) is 28.0 Å². The van der Waals surface area contributed by atoms with E-state index < -0.39 is 5.97 Å². The lowest BCUT2D eigenvalue weighted by Crippen LogP contribution is -2.51. The summed E-state index contributed by atoms with van der Waals surface area (Å²) in [6.07, 6.45) is 3.97. The summed E-state index contributed by atoms with van der Waals surface area (Å²) < 4.78 is 0. The number of rotatable bonds is 4. The van der Waals surface area contributed by atoms with Crippen LogP contribution in [0.5, 0.6) is 0 Å². The van der Waals surface area contributed by atoms with E-state index in [0.717, 1.165) is 29.9 Å². The maximum Gasteiger partial charge on any atom is 0.335 e. The fraction of sp³-hybridized carbons (Fsp3) is 0.381. The third-order valence-electron chi connectivity index (χ3n) is 5.64. The zero-order chi connectivity index (χ0) is 19.1. The molecule has 0 radical (unpaired) electrons. The van der Waals surface area contributed by atoms with E-state index in [1.165, 1.54) is 0 Å². The first-order valence-corrected chi connectivity index (χ1v) is 9.32. The molecule has 3 atom stereocenters. The van der Waals surface area contributed by atoms with E-state index in [4.69, 9.17) is 0 Å². The SMILES string of the molecule is CC(=O)N1c2ccc(C(=O)O)cc2[C@H](Nc2ccccn2)[C@@H](C)[C@@H]1C1CC1. The largest absolute Gasteiger partial charge is 0.478 e. The van der Waals surface area contributed by atoms with Gasteiger partial charge in [0.25, 0.3) is 0 Å². The Morgan fingerprint density at radius 3 is 2.59 bits per heavy atom. The van der Waals surface area contributed by atoms with Crippen LogP contribution in [0.1, 0.15) is 48.7 Å². The number of carboxylic acid groups (broad SMARTS) is 1. The fourth-order valence-electron chi connectivity index (χ4n) is 4.31. The number of fused-ring (bicyclic) bond motifs is 1. The molecule has 1 aromatic carbocycles. The highest BCUT2D eigenvalue weighted by Gasteiger charge is 2.47. The average Bonchev–Trinajstić information content (AvgIpc) is 3.48. The van der Waals surface area contributed by atoms with E-state index >= 15 is 0 Å². The van der Waals surface area contributed by atoms with Gasteiger partial charge in [-0.2, -0.15) is 0 Å². The molecule has 6 heteroatoms. The Kier molecular flexibility index (Phi) is 4.34. The van der Waals surface area contributed by atoms with Crippen molar-refractivity contribution in [3.8, 4) is 0 Å². The summed E-state index contributed by atoms with van der Waals surface area (Å²) in [4.78, 5) is 30.3. The summed E-state index contributed by atoms with van der Waals surface area (Å²) in [7, 11) is 0. The summed E-state index contributed by atoms with van der Waals surface area (Å²) in [6, 6.07) is 10.7. The molecule has 6 nitrogen and oxygen atoms in total. The molecule has 27 heavy (non-hydrogen) atoms. The molecule has 0 bridgehead atoms. The molecule has 0 unspecified atom stereocenters. The first-order chi connectivity index (χ1) is 13.0. The van der Waals surface area contributed by atoms with Gasteiger partial charge in [-0.15, -0.1) is 0 Å². The van der Waals surface area contributed by atoms with Crippen molar-refractivity contribution < 1.29 is 14.7 Å². The van der Waals surface area contributed by atoms with Gasteiger partial charge in [-0.3, -0.25) is 4.79 Å². The lowest BCUT2D eigenvalue weighted by molar-refractivity contribution is -0.117. The number of hydrogen-bond donors (Lipinski definition) is 2. The van der Waals surface area contributed by atoms with Crippen molar-refractivity contribution >= 4 is 23.4 Å². The van der Waals surface area contributed by atoms with Gasteiger partial charge in [-0.05, 0) is 54.7 Å². The number of hydrogen-bond acceptors (Lipinski definition) is 4. The molecule has 0 saturated heterocycles. The smallest absolute Gasteiger partial charge is 0.335 e. The lowest BCUT2D eigenvalue weighted by atomic mass is 9.79. The van der Waals surface area contributed by atoms with Gasteiger partial charge in [0.2, 0.25) is 5.91 Å². The molecule has 2 aromatic rings. The summed E-state index contributed by atoms with van der Waals surface area (Å²) in [5.74, 6) is 0.385. The highest BCUT2D eigenvalue weighted by molar-refractivity contribution is 5.96. The zero-order valence-corrected chi connectivity index (χ0v) is 15.4. The summed E-state index contributed by atoms with van der Waals surface area (Å²) in [5, 5.41) is 12.9. The Morgan fingerprint density at radius 2 is 2.00 bits per heavy atom. The predicted octanol–water partition coefficient (Wildman–Crippen LogP) is 3.71. The van der Waals surface area contributed by atoms with Crippen LogP contribution in [-0.2, 0) is 4.79 Å². The zero-order valence-electron chi connectivity index (χ0n) is 15.4. The number of nitrogens with one attached hydrogen (secondary N) is 1. The summed E-state index contributed by atoms with van der Waals surface area (Å²) >= 11 is 0. The van der Waals surface area contributed by atoms with Gasteiger partial charge in [-0.25, -0.2) is 9.78 Å². The first kappa shape index (κ1) is 17.5. The van der Waals surface area contributed by atoms with Crippen molar-refractivity contribution in [3.05, 3.63) is 53.7 Å². The van der Waals surface area contributed by atoms with Crippen molar-refractivity contribution in [3.63, 3.8) is 0 Å². The van der Waals surface area contributed by atoms with Crippen LogP contribution in [0, 0.1) is 11.8 Å². The second kappa shape index (κ2) is 6.68. The minimum Gasteiger partial charge on any atom is -0.478 e. The minimum atomic E-state index is -0.972. The van der Waals surface area contributed by atoms with Gasteiger partial charge in [0.05, 0.1) is 11.6 Å². The number of anilines is 2. The van der Waals surface area contributed by atoms with Crippen molar-refractivity contribution in [1.29, 1.82) is 0 Å². The quantitative estimate of drug-likeness (QED) is 0.863. The Morgan fingerprint density at radius 1 is 1.22 bits per heavy atom. The van der Waals surface area contributed by atoms with Crippen LogP contribution in [0.4, 0.5) is 11.5 Å². The highest BCUT2D eigenvalue weighted by Crippen LogP contribution is 2.50. The maximum absolute atomic E-state index is 12.5. The van der Waals surface area contributed by atoms with Crippen molar-refractivity contribution in [2.45, 2.75) is 38.8 Å². The van der Waals surface area contributed by atoms with E-state index in [9.17, 15) is 14.7 Å². The van der Waals surface area contributed by atoms with E-state index in [2.05, 4.69) is 17.2 Å². The van der Waals surface area contributed by atoms with Gasteiger partial charge in [0, 0.05) is 30.8 Å². The molecule has 1 aliphatic carbocycles. The van der Waals surface area contributed by atoms with Gasteiger partial charge in [-0.1, -0.05) is 13.0 Å². The van der Waals surface area contributed by atoms with E-state index in [1.54, 1.807) is 31.3 Å². The second-order valence-corrected chi connectivity index (χ2v) is 7.49. The molecule has 1 fully saturated rings. The molecule has 1 amide bonds. The van der Waals surface area contributed by atoms with Crippen LogP contribution >= 0.6 is 0 Å². The fourth-order valence-corrected chi connectivity index (χ4v) is 4.31. The number of benzene rings is 1. The molecule has 140 valence electrons. The Balaban J connectivity index is 1.84. The number of carboxylic acids is 1. The molecule has 0 spiro atoms. The van der Waals surface area contributed by atoms with E-state index in [-0.39, 0.29) is 29.5 Å². The topological polar surface area (TPSA) is 82.5 Å². The molecule has 2 N–H and O–H groups in total. The molecule has 4 rings (SSSR count). The number of aromatic carboxylic acids is 1. The Labute approximate surface area is 158 Å².